The van der Waals surface area contributed by atoms with Gasteiger partial charge in [-0.05, 0) is 41.8 Å². The molecule has 0 saturated heterocycles. The summed E-state index contributed by atoms with van der Waals surface area (Å²) in [4.78, 5) is 0. The van der Waals surface area contributed by atoms with Crippen LogP contribution in [0.1, 0.15) is 31.4 Å². The first-order valence-corrected chi connectivity index (χ1v) is 9.17. The van der Waals surface area contributed by atoms with Crippen molar-refractivity contribution in [3.8, 4) is 0 Å². The van der Waals surface area contributed by atoms with Crippen LogP contribution in [-0.4, -0.2) is 38.9 Å². The van der Waals surface area contributed by atoms with Crippen molar-refractivity contribution >= 4 is 21.5 Å². The molecule has 116 valence electrons. The Morgan fingerprint density at radius 1 is 1.35 bits per heavy atom. The second-order valence-corrected chi connectivity index (χ2v) is 7.80. The van der Waals surface area contributed by atoms with Gasteiger partial charge in [0.25, 0.3) is 10.2 Å². The van der Waals surface area contributed by atoms with E-state index in [1.807, 2.05) is 17.7 Å². The first-order valence-electron chi connectivity index (χ1n) is 6.79. The van der Waals surface area contributed by atoms with Crippen molar-refractivity contribution in [2.75, 3.05) is 20.1 Å². The van der Waals surface area contributed by atoms with E-state index in [9.17, 15) is 8.42 Å². The molecular formula is C13H25N3O2S2. The van der Waals surface area contributed by atoms with Gasteiger partial charge in [-0.1, -0.05) is 13.8 Å². The van der Waals surface area contributed by atoms with Crippen LogP contribution in [-0.2, 0) is 16.8 Å². The van der Waals surface area contributed by atoms with Crippen molar-refractivity contribution < 1.29 is 8.42 Å². The van der Waals surface area contributed by atoms with E-state index in [1.165, 1.54) is 4.31 Å². The Balaban J connectivity index is 2.37. The molecule has 0 bridgehead atoms. The third-order valence-corrected chi connectivity index (χ3v) is 5.44. The van der Waals surface area contributed by atoms with Crippen LogP contribution in [0.2, 0.25) is 0 Å². The highest BCUT2D eigenvalue weighted by atomic mass is 32.2. The lowest BCUT2D eigenvalue weighted by Crippen LogP contribution is -2.39. The average Bonchev–Trinajstić information content (AvgIpc) is 2.77. The molecule has 0 radical (unpaired) electrons. The highest BCUT2D eigenvalue weighted by Gasteiger charge is 2.17. The van der Waals surface area contributed by atoms with Crippen LogP contribution in [0, 0.1) is 6.92 Å². The van der Waals surface area contributed by atoms with Gasteiger partial charge in [-0.15, -0.1) is 0 Å². The second-order valence-electron chi connectivity index (χ2n) is 5.19. The topological polar surface area (TPSA) is 61.4 Å². The van der Waals surface area contributed by atoms with Crippen molar-refractivity contribution in [2.24, 2.45) is 0 Å². The van der Waals surface area contributed by atoms with Gasteiger partial charge in [0.05, 0.1) is 0 Å². The molecule has 1 heterocycles. The molecule has 0 atom stereocenters. The SMILES string of the molecule is Cc1cscc1CNS(=O)(=O)N(C)CCCNC(C)C. The molecule has 0 unspecified atom stereocenters. The van der Waals surface area contributed by atoms with Crippen LogP contribution in [0.5, 0.6) is 0 Å². The molecule has 2 N–H and O–H groups in total. The Morgan fingerprint density at radius 3 is 2.60 bits per heavy atom. The van der Waals surface area contributed by atoms with Gasteiger partial charge >= 0.3 is 0 Å². The smallest absolute Gasteiger partial charge is 0.279 e. The lowest BCUT2D eigenvalue weighted by molar-refractivity contribution is 0.439. The number of nitrogens with one attached hydrogen (secondary N) is 2. The second kappa shape index (κ2) is 8.09. The number of hydrogen-bond donors (Lipinski definition) is 2. The molecule has 7 heteroatoms. The maximum atomic E-state index is 12.1. The van der Waals surface area contributed by atoms with E-state index in [-0.39, 0.29) is 0 Å². The zero-order valence-electron chi connectivity index (χ0n) is 12.6. The minimum Gasteiger partial charge on any atom is -0.314 e. The van der Waals surface area contributed by atoms with Gasteiger partial charge in [-0.2, -0.15) is 28.8 Å². The highest BCUT2D eigenvalue weighted by Crippen LogP contribution is 2.13. The summed E-state index contributed by atoms with van der Waals surface area (Å²) in [5, 5.41) is 7.27. The van der Waals surface area contributed by atoms with Crippen LogP contribution in [0.4, 0.5) is 0 Å². The maximum absolute atomic E-state index is 12.1. The van der Waals surface area contributed by atoms with Crippen molar-refractivity contribution in [1.82, 2.24) is 14.3 Å². The van der Waals surface area contributed by atoms with Crippen molar-refractivity contribution in [3.63, 3.8) is 0 Å². The highest BCUT2D eigenvalue weighted by molar-refractivity contribution is 7.87. The Bertz CT molecular complexity index is 497. The fourth-order valence-corrected chi connectivity index (χ4v) is 3.44. The normalized spacial score (nSPS) is 12.5. The van der Waals surface area contributed by atoms with E-state index in [4.69, 9.17) is 0 Å². The minimum absolute atomic E-state index is 0.353. The van der Waals surface area contributed by atoms with Crippen LogP contribution < -0.4 is 10.0 Å². The summed E-state index contributed by atoms with van der Waals surface area (Å²) in [6, 6.07) is 0.427. The fourth-order valence-electron chi connectivity index (χ4n) is 1.66. The predicted molar refractivity (Wildman–Crippen MR) is 85.2 cm³/mol. The Hall–Kier alpha value is -0.470. The Labute approximate surface area is 126 Å². The molecular weight excluding hydrogens is 294 g/mol. The Morgan fingerprint density at radius 2 is 2.05 bits per heavy atom. The van der Waals surface area contributed by atoms with E-state index >= 15 is 0 Å². The van der Waals surface area contributed by atoms with Crippen molar-refractivity contribution in [1.29, 1.82) is 0 Å². The predicted octanol–water partition coefficient (Wildman–Crippen LogP) is 1.71. The monoisotopic (exact) mass is 319 g/mol. The third kappa shape index (κ3) is 5.88. The average molecular weight is 319 g/mol. The van der Waals surface area contributed by atoms with E-state index in [2.05, 4.69) is 23.9 Å². The van der Waals surface area contributed by atoms with Gasteiger partial charge in [-0.3, -0.25) is 0 Å². The van der Waals surface area contributed by atoms with Gasteiger partial charge in [0.2, 0.25) is 0 Å². The molecule has 1 aromatic rings. The molecule has 0 fully saturated rings. The zero-order chi connectivity index (χ0) is 15.2. The fraction of sp³-hybridized carbons (Fsp3) is 0.692. The van der Waals surface area contributed by atoms with Crippen molar-refractivity contribution in [3.05, 3.63) is 21.9 Å². The molecule has 0 saturated carbocycles. The van der Waals surface area contributed by atoms with E-state index in [0.29, 0.717) is 19.1 Å². The van der Waals surface area contributed by atoms with Gasteiger partial charge in [-0.25, -0.2) is 0 Å². The van der Waals surface area contributed by atoms with E-state index in [0.717, 1.165) is 24.1 Å². The van der Waals surface area contributed by atoms with Gasteiger partial charge in [0.15, 0.2) is 0 Å². The van der Waals surface area contributed by atoms with Crippen LogP contribution in [0.15, 0.2) is 10.8 Å². The minimum atomic E-state index is -3.39. The summed E-state index contributed by atoms with van der Waals surface area (Å²) < 4.78 is 28.1. The number of aryl methyl sites for hydroxylation is 1. The molecule has 0 aromatic carbocycles. The quantitative estimate of drug-likeness (QED) is 0.681. The molecule has 0 spiro atoms. The van der Waals surface area contributed by atoms with Crippen molar-refractivity contribution in [2.45, 2.75) is 39.8 Å². The molecule has 0 aliphatic rings. The summed E-state index contributed by atoms with van der Waals surface area (Å²) in [5.74, 6) is 0. The lowest BCUT2D eigenvalue weighted by Gasteiger charge is -2.18. The third-order valence-electron chi connectivity index (χ3n) is 3.02. The number of thiophene rings is 1. The molecule has 20 heavy (non-hydrogen) atoms. The van der Waals surface area contributed by atoms with E-state index in [1.54, 1.807) is 18.4 Å². The molecule has 0 aliphatic heterocycles. The molecule has 0 amide bonds. The number of hydrogen-bond acceptors (Lipinski definition) is 4. The number of nitrogens with zero attached hydrogens (tertiary/aromatic N) is 1. The zero-order valence-corrected chi connectivity index (χ0v) is 14.3. The summed E-state index contributed by atoms with van der Waals surface area (Å²) in [5.41, 5.74) is 2.16. The number of rotatable bonds is 9. The summed E-state index contributed by atoms with van der Waals surface area (Å²) in [7, 11) is -1.78. The first kappa shape index (κ1) is 17.6. The molecule has 1 aromatic heterocycles. The molecule has 5 nitrogen and oxygen atoms in total. The van der Waals surface area contributed by atoms with E-state index < -0.39 is 10.2 Å². The Kier molecular flexibility index (Phi) is 7.11. The lowest BCUT2D eigenvalue weighted by atomic mass is 10.2. The summed E-state index contributed by atoms with van der Waals surface area (Å²) in [6.07, 6.45) is 0.799. The first-order chi connectivity index (χ1) is 9.33. The molecule has 1 rings (SSSR count). The maximum Gasteiger partial charge on any atom is 0.279 e. The largest absolute Gasteiger partial charge is 0.314 e. The van der Waals surface area contributed by atoms with Gasteiger partial charge in [0, 0.05) is 26.2 Å². The van der Waals surface area contributed by atoms with Crippen LogP contribution in [0.25, 0.3) is 0 Å². The summed E-state index contributed by atoms with van der Waals surface area (Å²) in [6.45, 7) is 7.82. The molecule has 0 aliphatic carbocycles. The van der Waals surface area contributed by atoms with Gasteiger partial charge in [0.1, 0.15) is 0 Å². The summed E-state index contributed by atoms with van der Waals surface area (Å²) >= 11 is 1.59. The van der Waals surface area contributed by atoms with Crippen LogP contribution >= 0.6 is 11.3 Å². The van der Waals surface area contributed by atoms with Gasteiger partial charge < -0.3 is 5.32 Å². The standard InChI is InChI=1S/C13H25N3O2S2/c1-11(2)14-6-5-7-16(4)20(17,18)15-8-13-10-19-9-12(13)3/h9-11,14-15H,5-8H2,1-4H3. The van der Waals surface area contributed by atoms with Crippen LogP contribution in [0.3, 0.4) is 0 Å².